The molecule has 0 amide bonds. The molecule has 2 aliphatic heterocycles. The smallest absolute Gasteiger partial charge is 0.231 e. The first-order chi connectivity index (χ1) is 8.31. The highest BCUT2D eigenvalue weighted by Crippen LogP contribution is 2.33. The van der Waals surface area contributed by atoms with Crippen molar-refractivity contribution in [3.63, 3.8) is 0 Å². The van der Waals surface area contributed by atoms with Gasteiger partial charge in [-0.15, -0.1) is 0 Å². The van der Waals surface area contributed by atoms with Gasteiger partial charge < -0.3 is 18.9 Å². The molecule has 0 aliphatic carbocycles. The lowest BCUT2D eigenvalue weighted by Gasteiger charge is -2.12. The van der Waals surface area contributed by atoms with E-state index in [2.05, 4.69) is 6.92 Å². The Labute approximate surface area is 100 Å². The molecule has 4 heteroatoms. The van der Waals surface area contributed by atoms with Crippen LogP contribution in [0.5, 0.6) is 11.5 Å². The van der Waals surface area contributed by atoms with Gasteiger partial charge in [0, 0.05) is 6.42 Å². The van der Waals surface area contributed by atoms with Crippen LogP contribution in [-0.2, 0) is 16.1 Å². The molecule has 0 spiro atoms. The van der Waals surface area contributed by atoms with Crippen molar-refractivity contribution in [3.8, 4) is 11.5 Å². The molecule has 2 aliphatic rings. The normalized spacial score (nSPS) is 26.4. The molecule has 1 unspecified atom stereocenters. The third kappa shape index (κ3) is 2.37. The summed E-state index contributed by atoms with van der Waals surface area (Å²) in [7, 11) is 0. The minimum absolute atomic E-state index is 0.0598. The second-order valence-electron chi connectivity index (χ2n) is 4.45. The topological polar surface area (TPSA) is 36.9 Å². The van der Waals surface area contributed by atoms with E-state index >= 15 is 0 Å². The maximum absolute atomic E-state index is 5.70. The van der Waals surface area contributed by atoms with Gasteiger partial charge >= 0.3 is 0 Å². The number of hydrogen-bond donors (Lipinski definition) is 0. The molecule has 4 nitrogen and oxygen atoms in total. The van der Waals surface area contributed by atoms with E-state index in [-0.39, 0.29) is 6.29 Å². The summed E-state index contributed by atoms with van der Waals surface area (Å²) in [6.07, 6.45) is 2.31. The molecule has 92 valence electrons. The summed E-state index contributed by atoms with van der Waals surface area (Å²) in [5.74, 6) is 1.60. The van der Waals surface area contributed by atoms with Gasteiger partial charge in [0.2, 0.25) is 6.79 Å². The Hall–Kier alpha value is -1.26. The Balaban J connectivity index is 1.58. The summed E-state index contributed by atoms with van der Waals surface area (Å²) in [4.78, 5) is 0. The van der Waals surface area contributed by atoms with E-state index in [1.54, 1.807) is 0 Å². The van der Waals surface area contributed by atoms with Crippen LogP contribution < -0.4 is 9.47 Å². The predicted octanol–water partition coefficient (Wildman–Crippen LogP) is 2.46. The van der Waals surface area contributed by atoms with E-state index < -0.39 is 0 Å². The van der Waals surface area contributed by atoms with Gasteiger partial charge in [0.1, 0.15) is 0 Å². The molecule has 2 atom stereocenters. The van der Waals surface area contributed by atoms with Gasteiger partial charge in [-0.05, 0) is 31.0 Å². The maximum Gasteiger partial charge on any atom is 0.231 e. The third-order valence-electron chi connectivity index (χ3n) is 3.07. The highest BCUT2D eigenvalue weighted by atomic mass is 16.7. The van der Waals surface area contributed by atoms with Crippen molar-refractivity contribution in [2.75, 3.05) is 6.79 Å². The molecule has 1 aromatic rings. The summed E-state index contributed by atoms with van der Waals surface area (Å²) < 4.78 is 21.9. The average Bonchev–Trinajstić information content (AvgIpc) is 2.94. The second kappa shape index (κ2) is 4.55. The van der Waals surface area contributed by atoms with Crippen molar-refractivity contribution < 1.29 is 18.9 Å². The predicted molar refractivity (Wildman–Crippen MR) is 60.9 cm³/mol. The first-order valence-electron chi connectivity index (χ1n) is 5.97. The number of fused-ring (bicyclic) bond motifs is 1. The lowest BCUT2D eigenvalue weighted by Crippen LogP contribution is -2.12. The number of benzene rings is 1. The van der Waals surface area contributed by atoms with Crippen LogP contribution in [0.15, 0.2) is 18.2 Å². The van der Waals surface area contributed by atoms with Crippen molar-refractivity contribution in [1.29, 1.82) is 0 Å². The molecule has 1 saturated heterocycles. The average molecular weight is 236 g/mol. The molecular weight excluding hydrogens is 220 g/mol. The number of ether oxygens (including phenoxy) is 4. The van der Waals surface area contributed by atoms with Gasteiger partial charge in [0.05, 0.1) is 12.7 Å². The number of hydrogen-bond acceptors (Lipinski definition) is 4. The second-order valence-corrected chi connectivity index (χ2v) is 4.45. The Morgan fingerprint density at radius 1 is 1.24 bits per heavy atom. The van der Waals surface area contributed by atoms with Gasteiger partial charge in [0.15, 0.2) is 17.8 Å². The zero-order chi connectivity index (χ0) is 11.7. The fourth-order valence-corrected chi connectivity index (χ4v) is 2.11. The highest BCUT2D eigenvalue weighted by molar-refractivity contribution is 5.44. The molecule has 0 bridgehead atoms. The highest BCUT2D eigenvalue weighted by Gasteiger charge is 2.22. The first-order valence-corrected chi connectivity index (χ1v) is 5.97. The zero-order valence-electron chi connectivity index (χ0n) is 9.85. The molecule has 0 aromatic heterocycles. The van der Waals surface area contributed by atoms with Crippen molar-refractivity contribution >= 4 is 0 Å². The van der Waals surface area contributed by atoms with Crippen LogP contribution in [0, 0.1) is 0 Å². The summed E-state index contributed by atoms with van der Waals surface area (Å²) in [5.41, 5.74) is 1.08. The van der Waals surface area contributed by atoms with Crippen LogP contribution in [0.2, 0.25) is 0 Å². The van der Waals surface area contributed by atoms with Crippen LogP contribution in [0.4, 0.5) is 0 Å². The van der Waals surface area contributed by atoms with Gasteiger partial charge in [-0.1, -0.05) is 6.07 Å². The molecule has 17 heavy (non-hydrogen) atoms. The SMILES string of the molecule is C[C@H]1CCC(OCc2ccc3c(c2)OCO3)O1. The summed E-state index contributed by atoms with van der Waals surface area (Å²) >= 11 is 0. The van der Waals surface area contributed by atoms with E-state index in [4.69, 9.17) is 18.9 Å². The lowest BCUT2D eigenvalue weighted by molar-refractivity contribution is -0.136. The van der Waals surface area contributed by atoms with Crippen molar-refractivity contribution in [2.24, 2.45) is 0 Å². The Morgan fingerprint density at radius 3 is 2.94 bits per heavy atom. The molecule has 0 radical (unpaired) electrons. The van der Waals surface area contributed by atoms with Crippen molar-refractivity contribution in [2.45, 2.75) is 38.8 Å². The third-order valence-corrected chi connectivity index (χ3v) is 3.07. The molecule has 2 heterocycles. The van der Waals surface area contributed by atoms with E-state index in [0.717, 1.165) is 29.9 Å². The number of rotatable bonds is 3. The van der Waals surface area contributed by atoms with Gasteiger partial charge in [-0.25, -0.2) is 0 Å². The van der Waals surface area contributed by atoms with Crippen LogP contribution in [0.25, 0.3) is 0 Å². The van der Waals surface area contributed by atoms with Crippen LogP contribution in [-0.4, -0.2) is 19.2 Å². The quantitative estimate of drug-likeness (QED) is 0.807. The molecule has 3 rings (SSSR count). The molecular formula is C13H16O4. The van der Waals surface area contributed by atoms with E-state index in [1.165, 1.54) is 0 Å². The molecule has 0 N–H and O–H groups in total. The standard InChI is InChI=1S/C13H16O4/c1-9-2-5-13(17-9)14-7-10-3-4-11-12(6-10)16-8-15-11/h3-4,6,9,13H,2,5,7-8H2,1H3/t9-,13?/m0/s1. The largest absolute Gasteiger partial charge is 0.454 e. The Morgan fingerprint density at radius 2 is 2.12 bits per heavy atom. The fraction of sp³-hybridized carbons (Fsp3) is 0.538. The van der Waals surface area contributed by atoms with Crippen molar-refractivity contribution in [3.05, 3.63) is 23.8 Å². The van der Waals surface area contributed by atoms with Gasteiger partial charge in [-0.2, -0.15) is 0 Å². The summed E-state index contributed by atoms with van der Waals surface area (Å²) in [5, 5.41) is 0. The van der Waals surface area contributed by atoms with E-state index in [9.17, 15) is 0 Å². The zero-order valence-corrected chi connectivity index (χ0v) is 9.85. The van der Waals surface area contributed by atoms with Crippen LogP contribution in [0.3, 0.4) is 0 Å². The lowest BCUT2D eigenvalue weighted by atomic mass is 10.2. The molecule has 0 saturated carbocycles. The van der Waals surface area contributed by atoms with E-state index in [1.807, 2.05) is 18.2 Å². The van der Waals surface area contributed by atoms with Crippen molar-refractivity contribution in [1.82, 2.24) is 0 Å². The maximum atomic E-state index is 5.70. The van der Waals surface area contributed by atoms with Gasteiger partial charge in [-0.3, -0.25) is 0 Å². The monoisotopic (exact) mass is 236 g/mol. The minimum Gasteiger partial charge on any atom is -0.454 e. The van der Waals surface area contributed by atoms with Gasteiger partial charge in [0.25, 0.3) is 0 Å². The van der Waals surface area contributed by atoms with E-state index in [0.29, 0.717) is 19.5 Å². The molecule has 1 fully saturated rings. The van der Waals surface area contributed by atoms with Crippen LogP contribution in [0.1, 0.15) is 25.3 Å². The summed E-state index contributed by atoms with van der Waals surface area (Å²) in [6.45, 7) is 2.93. The summed E-state index contributed by atoms with van der Waals surface area (Å²) in [6, 6.07) is 5.87. The fourth-order valence-electron chi connectivity index (χ4n) is 2.11. The minimum atomic E-state index is -0.0598. The first kappa shape index (κ1) is 10.9. The molecule has 1 aromatic carbocycles. The Bertz CT molecular complexity index is 404. The van der Waals surface area contributed by atoms with Crippen LogP contribution >= 0.6 is 0 Å². The Kier molecular flexibility index (Phi) is 2.91.